The van der Waals surface area contributed by atoms with Crippen molar-refractivity contribution in [2.24, 2.45) is 0 Å². The molecule has 1 aliphatic heterocycles. The molecule has 1 aliphatic rings. The number of rotatable bonds is 30. The van der Waals surface area contributed by atoms with Crippen LogP contribution in [0.15, 0.2) is 0 Å². The zero-order valence-electron chi connectivity index (χ0n) is 26.2. The molecule has 0 amide bonds. The molecule has 0 aliphatic carbocycles. The maximum Gasteiger partial charge on any atom is 0.405 e. The van der Waals surface area contributed by atoms with Gasteiger partial charge < -0.3 is 4.74 Å². The van der Waals surface area contributed by atoms with Crippen LogP contribution in [0, 0.1) is 0 Å². The molecule has 0 saturated carbocycles. The predicted octanol–water partition coefficient (Wildman–Crippen LogP) is 9.67. The molecule has 1 N–H and O–H groups in total. The summed E-state index contributed by atoms with van der Waals surface area (Å²) in [5.74, 6) is 0. The monoisotopic (exact) mass is 574 g/mol. The van der Waals surface area contributed by atoms with E-state index >= 15 is 0 Å². The zero-order valence-corrected chi connectivity index (χ0v) is 27.1. The molecule has 7 heteroatoms. The van der Waals surface area contributed by atoms with Crippen molar-refractivity contribution in [2.45, 2.75) is 155 Å². The molecule has 0 bridgehead atoms. The predicted molar refractivity (Wildman–Crippen MR) is 168 cm³/mol. The van der Waals surface area contributed by atoms with Crippen molar-refractivity contribution in [2.75, 3.05) is 52.6 Å². The third-order valence-electron chi connectivity index (χ3n) is 7.86. The second-order valence-corrected chi connectivity index (χ2v) is 13.4. The molecular weight excluding hydrogens is 507 g/mol. The van der Waals surface area contributed by atoms with Crippen molar-refractivity contribution in [3.05, 3.63) is 0 Å². The number of ether oxygens (including phenoxy) is 1. The van der Waals surface area contributed by atoms with Crippen molar-refractivity contribution in [1.82, 2.24) is 9.99 Å². The number of nitrogens with one attached hydrogen (secondary N) is 1. The van der Waals surface area contributed by atoms with E-state index in [1.807, 2.05) is 0 Å². The Balaban J connectivity index is 2.15. The minimum atomic E-state index is -3.25. The summed E-state index contributed by atoms with van der Waals surface area (Å²) in [6.07, 6.45) is 28.5. The maximum atomic E-state index is 13.4. The molecule has 1 heterocycles. The van der Waals surface area contributed by atoms with Crippen LogP contribution in [-0.4, -0.2) is 57.5 Å². The highest BCUT2D eigenvalue weighted by atomic mass is 31.2. The Bertz CT molecular complexity index is 514. The SMILES string of the molecule is CCCCCCCCCCCCCOP(=O)(NCCN1CCOCC1)OCCCCCCCCCCCCC. The first-order valence-corrected chi connectivity index (χ1v) is 18.7. The van der Waals surface area contributed by atoms with Gasteiger partial charge in [0.25, 0.3) is 0 Å². The lowest BCUT2D eigenvalue weighted by Gasteiger charge is -2.27. The minimum absolute atomic E-state index is 0.511. The second kappa shape index (κ2) is 28.2. The Kier molecular flexibility index (Phi) is 26.8. The van der Waals surface area contributed by atoms with E-state index in [9.17, 15) is 4.57 Å². The van der Waals surface area contributed by atoms with E-state index < -0.39 is 7.75 Å². The molecule has 0 radical (unpaired) electrons. The molecule has 0 aromatic carbocycles. The molecule has 0 aromatic rings. The van der Waals surface area contributed by atoms with Gasteiger partial charge >= 0.3 is 7.75 Å². The van der Waals surface area contributed by atoms with Crippen LogP contribution in [0.4, 0.5) is 0 Å². The van der Waals surface area contributed by atoms with Crippen LogP contribution < -0.4 is 5.09 Å². The zero-order chi connectivity index (χ0) is 28.1. The molecule has 1 rings (SSSR count). The normalized spacial score (nSPS) is 14.8. The Morgan fingerprint density at radius 2 is 0.949 bits per heavy atom. The van der Waals surface area contributed by atoms with Crippen LogP contribution in [0.1, 0.15) is 155 Å². The third kappa shape index (κ3) is 24.3. The lowest BCUT2D eigenvalue weighted by molar-refractivity contribution is 0.0387. The highest BCUT2D eigenvalue weighted by Gasteiger charge is 2.24. The van der Waals surface area contributed by atoms with Crippen LogP contribution in [0.25, 0.3) is 0 Å². The second-order valence-electron chi connectivity index (χ2n) is 11.6. The first kappa shape index (κ1) is 37.1. The molecule has 0 unspecified atom stereocenters. The summed E-state index contributed by atoms with van der Waals surface area (Å²) in [5.41, 5.74) is 0. The molecule has 6 nitrogen and oxygen atoms in total. The van der Waals surface area contributed by atoms with Gasteiger partial charge in [-0.2, -0.15) is 0 Å². The summed E-state index contributed by atoms with van der Waals surface area (Å²) in [5, 5.41) is 3.15. The third-order valence-corrected chi connectivity index (χ3v) is 9.51. The number of hydrogen-bond donors (Lipinski definition) is 1. The largest absolute Gasteiger partial charge is 0.405 e. The standard InChI is InChI=1S/C32H67N2O4P/c1-3-5-7-9-11-13-15-17-19-21-23-29-37-39(35,33-25-26-34-27-31-36-32-28-34)38-30-24-22-20-18-16-14-12-10-8-6-4-2/h3-32H2,1-2H3,(H,33,35). The fraction of sp³-hybridized carbons (Fsp3) is 1.00. The molecule has 0 spiro atoms. The molecule has 0 atom stereocenters. The van der Waals surface area contributed by atoms with Crippen LogP contribution in [-0.2, 0) is 18.3 Å². The first-order valence-electron chi connectivity index (χ1n) is 17.1. The summed E-state index contributed by atoms with van der Waals surface area (Å²) in [7, 11) is -3.25. The Labute approximate surface area is 243 Å². The van der Waals surface area contributed by atoms with Gasteiger partial charge in [0, 0.05) is 26.2 Å². The summed E-state index contributed by atoms with van der Waals surface area (Å²) in [6.45, 7) is 10.5. The fourth-order valence-electron chi connectivity index (χ4n) is 5.20. The molecule has 1 saturated heterocycles. The average Bonchev–Trinajstić information content (AvgIpc) is 2.95. The molecule has 1 fully saturated rings. The van der Waals surface area contributed by atoms with Gasteiger partial charge in [0.15, 0.2) is 0 Å². The topological polar surface area (TPSA) is 60.0 Å². The van der Waals surface area contributed by atoms with Gasteiger partial charge in [0.1, 0.15) is 0 Å². The smallest absolute Gasteiger partial charge is 0.379 e. The van der Waals surface area contributed by atoms with Crippen molar-refractivity contribution in [3.63, 3.8) is 0 Å². The van der Waals surface area contributed by atoms with Gasteiger partial charge in [-0.3, -0.25) is 13.9 Å². The molecule has 234 valence electrons. The summed E-state index contributed by atoms with van der Waals surface area (Å²) in [6, 6.07) is 0. The fourth-order valence-corrected chi connectivity index (χ4v) is 6.57. The maximum absolute atomic E-state index is 13.4. The summed E-state index contributed by atoms with van der Waals surface area (Å²) < 4.78 is 30.6. The van der Waals surface area contributed by atoms with Gasteiger partial charge in [-0.15, -0.1) is 0 Å². The number of unbranched alkanes of at least 4 members (excludes halogenated alkanes) is 20. The average molecular weight is 575 g/mol. The highest BCUT2D eigenvalue weighted by molar-refractivity contribution is 7.51. The van der Waals surface area contributed by atoms with Crippen molar-refractivity contribution in [1.29, 1.82) is 0 Å². The van der Waals surface area contributed by atoms with E-state index in [0.717, 1.165) is 58.5 Å². The van der Waals surface area contributed by atoms with Crippen LogP contribution >= 0.6 is 7.75 Å². The van der Waals surface area contributed by atoms with E-state index in [1.165, 1.54) is 116 Å². The van der Waals surface area contributed by atoms with Crippen LogP contribution in [0.3, 0.4) is 0 Å². The Morgan fingerprint density at radius 1 is 0.590 bits per heavy atom. The van der Waals surface area contributed by atoms with Crippen molar-refractivity contribution in [3.8, 4) is 0 Å². The minimum Gasteiger partial charge on any atom is -0.379 e. The quantitative estimate of drug-likeness (QED) is 0.0681. The van der Waals surface area contributed by atoms with Gasteiger partial charge in [0.05, 0.1) is 26.4 Å². The van der Waals surface area contributed by atoms with Gasteiger partial charge in [-0.25, -0.2) is 9.65 Å². The lowest BCUT2D eigenvalue weighted by Crippen LogP contribution is -2.40. The summed E-state index contributed by atoms with van der Waals surface area (Å²) in [4.78, 5) is 2.34. The van der Waals surface area contributed by atoms with E-state index in [0.29, 0.717) is 19.8 Å². The van der Waals surface area contributed by atoms with Gasteiger partial charge in [-0.1, -0.05) is 142 Å². The lowest BCUT2D eigenvalue weighted by atomic mass is 10.1. The van der Waals surface area contributed by atoms with Crippen LogP contribution in [0.5, 0.6) is 0 Å². The van der Waals surface area contributed by atoms with E-state index in [1.54, 1.807) is 0 Å². The van der Waals surface area contributed by atoms with Gasteiger partial charge in [-0.05, 0) is 12.8 Å². The van der Waals surface area contributed by atoms with E-state index in [2.05, 4.69) is 23.8 Å². The van der Waals surface area contributed by atoms with E-state index in [4.69, 9.17) is 13.8 Å². The van der Waals surface area contributed by atoms with Crippen molar-refractivity contribution < 1.29 is 18.3 Å². The van der Waals surface area contributed by atoms with Crippen LogP contribution in [0.2, 0.25) is 0 Å². The first-order chi connectivity index (χ1) is 19.2. The summed E-state index contributed by atoms with van der Waals surface area (Å²) >= 11 is 0. The number of morpholine rings is 1. The molecule has 39 heavy (non-hydrogen) atoms. The molecule has 0 aromatic heterocycles. The highest BCUT2D eigenvalue weighted by Crippen LogP contribution is 2.44. The van der Waals surface area contributed by atoms with E-state index in [-0.39, 0.29) is 0 Å². The Morgan fingerprint density at radius 3 is 1.33 bits per heavy atom. The number of hydrogen-bond acceptors (Lipinski definition) is 5. The van der Waals surface area contributed by atoms with Gasteiger partial charge in [0.2, 0.25) is 0 Å². The Hall–Kier alpha value is 0.0300. The molecular formula is C32H67N2O4P. The number of nitrogens with zero attached hydrogens (tertiary/aromatic N) is 1. The van der Waals surface area contributed by atoms with Crippen molar-refractivity contribution >= 4 is 7.75 Å².